The molecular weight excluding hydrogens is 279 g/mol. The fourth-order valence-electron chi connectivity index (χ4n) is 1.72. The van der Waals surface area contributed by atoms with Crippen molar-refractivity contribution in [2.45, 2.75) is 6.92 Å². The van der Waals surface area contributed by atoms with E-state index >= 15 is 0 Å². The predicted octanol–water partition coefficient (Wildman–Crippen LogP) is 4.15. The van der Waals surface area contributed by atoms with Crippen molar-refractivity contribution in [2.75, 3.05) is 6.61 Å². The number of hydrogen-bond donors (Lipinski definition) is 0. The minimum absolute atomic E-state index is 0.195. The smallest absolute Gasteiger partial charge is 0.165 e. The van der Waals surface area contributed by atoms with Crippen LogP contribution in [-0.4, -0.2) is 19.0 Å². The van der Waals surface area contributed by atoms with Gasteiger partial charge in [0.05, 0.1) is 12.4 Å². The van der Waals surface area contributed by atoms with Gasteiger partial charge in [-0.2, -0.15) is 10.2 Å². The lowest BCUT2D eigenvalue weighted by atomic mass is 10.2. The summed E-state index contributed by atoms with van der Waals surface area (Å²) in [6, 6.07) is 12.5. The number of rotatable bonds is 6. The van der Waals surface area contributed by atoms with Crippen LogP contribution < -0.4 is 4.74 Å². The summed E-state index contributed by atoms with van der Waals surface area (Å²) in [4.78, 5) is 0. The molecule has 0 fully saturated rings. The molecule has 112 valence electrons. The van der Waals surface area contributed by atoms with Crippen molar-refractivity contribution in [1.82, 2.24) is 0 Å². The number of nitrogens with zero attached hydrogens (tertiary/aromatic N) is 2. The van der Waals surface area contributed by atoms with Gasteiger partial charge in [0.25, 0.3) is 0 Å². The van der Waals surface area contributed by atoms with Gasteiger partial charge < -0.3 is 4.74 Å². The molecule has 22 heavy (non-hydrogen) atoms. The molecule has 4 heteroatoms. The summed E-state index contributed by atoms with van der Waals surface area (Å²) < 4.78 is 18.9. The quantitative estimate of drug-likeness (QED) is 0.448. The van der Waals surface area contributed by atoms with E-state index in [1.54, 1.807) is 24.4 Å². The highest BCUT2D eigenvalue weighted by atomic mass is 19.1. The van der Waals surface area contributed by atoms with E-state index in [1.807, 2.05) is 31.2 Å². The predicted molar refractivity (Wildman–Crippen MR) is 88.5 cm³/mol. The third-order valence-corrected chi connectivity index (χ3v) is 2.87. The van der Waals surface area contributed by atoms with Crippen molar-refractivity contribution in [1.29, 1.82) is 0 Å². The standard InChI is InChI=1S/C18H17FN2O/c1-3-10-22-18-9-8-16(11-17(18)19)13-21-20-12-15-6-4-14(2)5-7-15/h3-9,11-13H,1,10H2,2H3. The average molecular weight is 296 g/mol. The highest BCUT2D eigenvalue weighted by Crippen LogP contribution is 2.17. The van der Waals surface area contributed by atoms with Crippen LogP contribution >= 0.6 is 0 Å². The molecule has 0 radical (unpaired) electrons. The van der Waals surface area contributed by atoms with Crippen molar-refractivity contribution in [3.63, 3.8) is 0 Å². The van der Waals surface area contributed by atoms with E-state index < -0.39 is 5.82 Å². The summed E-state index contributed by atoms with van der Waals surface area (Å²) in [6.07, 6.45) is 4.70. The molecule has 0 unspecified atom stereocenters. The first-order chi connectivity index (χ1) is 10.7. The zero-order valence-corrected chi connectivity index (χ0v) is 12.4. The van der Waals surface area contributed by atoms with Crippen LogP contribution in [-0.2, 0) is 0 Å². The summed E-state index contributed by atoms with van der Waals surface area (Å²) in [5.41, 5.74) is 2.77. The van der Waals surface area contributed by atoms with Gasteiger partial charge in [-0.3, -0.25) is 0 Å². The normalized spacial score (nSPS) is 11.2. The lowest BCUT2D eigenvalue weighted by molar-refractivity contribution is 0.342. The van der Waals surface area contributed by atoms with Gasteiger partial charge >= 0.3 is 0 Å². The van der Waals surface area contributed by atoms with Crippen molar-refractivity contribution in [3.05, 3.63) is 77.6 Å². The monoisotopic (exact) mass is 296 g/mol. The molecule has 0 aliphatic carbocycles. The van der Waals surface area contributed by atoms with Gasteiger partial charge in [-0.05, 0) is 36.2 Å². The van der Waals surface area contributed by atoms with Crippen molar-refractivity contribution < 1.29 is 9.13 Å². The fourth-order valence-corrected chi connectivity index (χ4v) is 1.72. The summed E-state index contributed by atoms with van der Waals surface area (Å²) in [7, 11) is 0. The Kier molecular flexibility index (Phi) is 5.60. The lowest BCUT2D eigenvalue weighted by Crippen LogP contribution is -1.96. The molecular formula is C18H17FN2O. The van der Waals surface area contributed by atoms with Crippen molar-refractivity contribution in [2.24, 2.45) is 10.2 Å². The molecule has 0 saturated heterocycles. The number of ether oxygens (including phenoxy) is 1. The number of aryl methyl sites for hydroxylation is 1. The highest BCUT2D eigenvalue weighted by Gasteiger charge is 2.02. The Morgan fingerprint density at radius 3 is 2.32 bits per heavy atom. The Balaban J connectivity index is 1.99. The van der Waals surface area contributed by atoms with Gasteiger partial charge in [-0.25, -0.2) is 4.39 Å². The maximum Gasteiger partial charge on any atom is 0.165 e. The topological polar surface area (TPSA) is 34.0 Å². The first-order valence-corrected chi connectivity index (χ1v) is 6.85. The molecule has 0 spiro atoms. The third-order valence-electron chi connectivity index (χ3n) is 2.87. The number of benzene rings is 2. The van der Waals surface area contributed by atoms with E-state index in [-0.39, 0.29) is 12.4 Å². The zero-order valence-electron chi connectivity index (χ0n) is 12.4. The fraction of sp³-hybridized carbons (Fsp3) is 0.111. The zero-order chi connectivity index (χ0) is 15.8. The van der Waals surface area contributed by atoms with Crippen LogP contribution in [0.2, 0.25) is 0 Å². The van der Waals surface area contributed by atoms with Gasteiger partial charge in [0.1, 0.15) is 6.61 Å². The molecule has 0 heterocycles. The molecule has 0 aliphatic heterocycles. The summed E-state index contributed by atoms with van der Waals surface area (Å²) in [6.45, 7) is 5.81. The second-order valence-electron chi connectivity index (χ2n) is 4.69. The third kappa shape index (κ3) is 4.66. The summed E-state index contributed by atoms with van der Waals surface area (Å²) in [5.74, 6) is -0.242. The Labute approximate surface area is 129 Å². The Morgan fingerprint density at radius 2 is 1.68 bits per heavy atom. The largest absolute Gasteiger partial charge is 0.486 e. The Hall–Kier alpha value is -2.75. The molecule has 0 aliphatic rings. The maximum atomic E-state index is 13.7. The first kappa shape index (κ1) is 15.6. The van der Waals surface area contributed by atoms with Crippen molar-refractivity contribution in [3.8, 4) is 5.75 Å². The van der Waals surface area contributed by atoms with E-state index in [4.69, 9.17) is 4.74 Å². The van der Waals surface area contributed by atoms with Crippen LogP contribution in [0.5, 0.6) is 5.75 Å². The van der Waals surface area contributed by atoms with E-state index in [2.05, 4.69) is 16.8 Å². The minimum atomic E-state index is -0.437. The van der Waals surface area contributed by atoms with Crippen LogP contribution in [0.25, 0.3) is 0 Å². The molecule has 0 amide bonds. The summed E-state index contributed by atoms with van der Waals surface area (Å²) >= 11 is 0. The number of hydrogen-bond acceptors (Lipinski definition) is 3. The number of halogens is 1. The molecule has 0 bridgehead atoms. The highest BCUT2D eigenvalue weighted by molar-refractivity contribution is 5.82. The molecule has 2 aromatic rings. The van der Waals surface area contributed by atoms with Gasteiger partial charge in [0.15, 0.2) is 11.6 Å². The van der Waals surface area contributed by atoms with Crippen LogP contribution in [0.1, 0.15) is 16.7 Å². The Morgan fingerprint density at radius 1 is 1.05 bits per heavy atom. The van der Waals surface area contributed by atoms with Crippen LogP contribution in [0.4, 0.5) is 4.39 Å². The van der Waals surface area contributed by atoms with Gasteiger partial charge in [-0.15, -0.1) is 0 Å². The van der Waals surface area contributed by atoms with E-state index in [0.29, 0.717) is 5.56 Å². The van der Waals surface area contributed by atoms with E-state index in [9.17, 15) is 4.39 Å². The van der Waals surface area contributed by atoms with Crippen LogP contribution in [0, 0.1) is 12.7 Å². The maximum absolute atomic E-state index is 13.7. The summed E-state index contributed by atoms with van der Waals surface area (Å²) in [5, 5.41) is 7.86. The first-order valence-electron chi connectivity index (χ1n) is 6.85. The second-order valence-corrected chi connectivity index (χ2v) is 4.69. The molecule has 0 N–H and O–H groups in total. The van der Waals surface area contributed by atoms with Crippen molar-refractivity contribution >= 4 is 12.4 Å². The minimum Gasteiger partial charge on any atom is -0.486 e. The van der Waals surface area contributed by atoms with Gasteiger partial charge in [0.2, 0.25) is 0 Å². The van der Waals surface area contributed by atoms with E-state index in [0.717, 1.165) is 5.56 Å². The Bertz CT molecular complexity index is 691. The molecule has 2 rings (SSSR count). The lowest BCUT2D eigenvalue weighted by Gasteiger charge is -2.04. The van der Waals surface area contributed by atoms with Crippen LogP contribution in [0.15, 0.2) is 65.3 Å². The average Bonchev–Trinajstić information content (AvgIpc) is 2.52. The molecule has 0 aromatic heterocycles. The van der Waals surface area contributed by atoms with Gasteiger partial charge in [-0.1, -0.05) is 42.5 Å². The molecule has 0 saturated carbocycles. The van der Waals surface area contributed by atoms with Crippen LogP contribution in [0.3, 0.4) is 0 Å². The second kappa shape index (κ2) is 7.88. The molecule has 3 nitrogen and oxygen atoms in total. The SMILES string of the molecule is C=CCOc1ccc(C=NN=Cc2ccc(C)cc2)cc1F. The molecule has 2 aromatic carbocycles. The van der Waals surface area contributed by atoms with Gasteiger partial charge in [0, 0.05) is 0 Å². The van der Waals surface area contributed by atoms with E-state index in [1.165, 1.54) is 17.8 Å². The molecule has 0 atom stereocenters.